The summed E-state index contributed by atoms with van der Waals surface area (Å²) < 4.78 is 50.4. The Morgan fingerprint density at radius 1 is 1.03 bits per heavy atom. The molecule has 0 aliphatic rings. The highest BCUT2D eigenvalue weighted by Gasteiger charge is 2.32. The van der Waals surface area contributed by atoms with Crippen LogP contribution in [0.4, 0.5) is 10.1 Å². The molecule has 0 heterocycles. The van der Waals surface area contributed by atoms with Crippen LogP contribution < -0.4 is 19.1 Å². The van der Waals surface area contributed by atoms with Crippen LogP contribution in [0, 0.1) is 5.82 Å². The Hall–Kier alpha value is -3.34. The summed E-state index contributed by atoms with van der Waals surface area (Å²) in [7, 11) is -1.02. The number of amides is 2. The first-order valence-corrected chi connectivity index (χ1v) is 13.9. The number of ether oxygens (including phenoxy) is 2. The minimum atomic E-state index is -3.90. The smallest absolute Gasteiger partial charge is 0.244 e. The first kappa shape index (κ1) is 29.9. The average molecular weight is 538 g/mol. The molecule has 1 atom stereocenters. The highest BCUT2D eigenvalue weighted by Crippen LogP contribution is 2.32. The van der Waals surface area contributed by atoms with Gasteiger partial charge in [-0.3, -0.25) is 13.9 Å². The zero-order chi connectivity index (χ0) is 27.6. The lowest BCUT2D eigenvalue weighted by molar-refractivity contribution is -0.140. The van der Waals surface area contributed by atoms with E-state index in [4.69, 9.17) is 9.47 Å². The average Bonchev–Trinajstić information content (AvgIpc) is 2.87. The first-order valence-electron chi connectivity index (χ1n) is 12.1. The van der Waals surface area contributed by atoms with Gasteiger partial charge in [0.05, 0.1) is 26.2 Å². The Morgan fingerprint density at radius 2 is 1.68 bits per heavy atom. The number of carbonyl (C=O) groups is 2. The van der Waals surface area contributed by atoms with Gasteiger partial charge >= 0.3 is 0 Å². The van der Waals surface area contributed by atoms with Gasteiger partial charge in [-0.2, -0.15) is 0 Å². The molecule has 1 unspecified atom stereocenters. The van der Waals surface area contributed by atoms with Crippen molar-refractivity contribution in [2.24, 2.45) is 0 Å². The summed E-state index contributed by atoms with van der Waals surface area (Å²) in [6, 6.07) is 9.27. The third kappa shape index (κ3) is 8.34. The van der Waals surface area contributed by atoms with Gasteiger partial charge < -0.3 is 19.7 Å². The highest BCUT2D eigenvalue weighted by molar-refractivity contribution is 7.92. The molecule has 2 aromatic rings. The van der Waals surface area contributed by atoms with E-state index < -0.39 is 34.3 Å². The summed E-state index contributed by atoms with van der Waals surface area (Å²) in [5.74, 6) is -0.641. The standard InChI is InChI=1S/C26H36FN3O6S/c1-6-8-15-28-26(32)22(7-2)29(17-19-9-11-20(27)12-10-19)25(31)18-30(37(5,33)34)21-13-14-23(35-3)24(16-21)36-4/h9-14,16,22H,6-8,15,17-18H2,1-5H3,(H,28,32). The maximum absolute atomic E-state index is 13.7. The van der Waals surface area contributed by atoms with Crippen molar-refractivity contribution in [2.75, 3.05) is 37.9 Å². The monoisotopic (exact) mass is 537 g/mol. The normalized spacial score (nSPS) is 11.9. The van der Waals surface area contributed by atoms with Crippen LogP contribution >= 0.6 is 0 Å². The third-order valence-electron chi connectivity index (χ3n) is 5.82. The van der Waals surface area contributed by atoms with Gasteiger partial charge in [-0.25, -0.2) is 12.8 Å². The number of nitrogens with zero attached hydrogens (tertiary/aromatic N) is 2. The second-order valence-electron chi connectivity index (χ2n) is 8.53. The number of rotatable bonds is 14. The zero-order valence-corrected chi connectivity index (χ0v) is 22.8. The Morgan fingerprint density at radius 3 is 2.22 bits per heavy atom. The number of sulfonamides is 1. The van der Waals surface area contributed by atoms with E-state index in [-0.39, 0.29) is 18.1 Å². The summed E-state index contributed by atoms with van der Waals surface area (Å²) >= 11 is 0. The van der Waals surface area contributed by atoms with E-state index >= 15 is 0 Å². The second kappa shape index (κ2) is 13.8. The van der Waals surface area contributed by atoms with Crippen molar-refractivity contribution in [2.45, 2.75) is 45.7 Å². The summed E-state index contributed by atoms with van der Waals surface area (Å²) in [5.41, 5.74) is 0.808. The van der Waals surface area contributed by atoms with Crippen molar-refractivity contribution < 1.29 is 31.9 Å². The van der Waals surface area contributed by atoms with Gasteiger partial charge in [0.2, 0.25) is 21.8 Å². The Bertz CT molecular complexity index is 1160. The molecule has 0 saturated carbocycles. The fourth-order valence-electron chi connectivity index (χ4n) is 3.81. The van der Waals surface area contributed by atoms with E-state index in [2.05, 4.69) is 5.32 Å². The number of hydrogen-bond donors (Lipinski definition) is 1. The van der Waals surface area contributed by atoms with Crippen LogP contribution in [-0.2, 0) is 26.2 Å². The molecular weight excluding hydrogens is 501 g/mol. The van der Waals surface area contributed by atoms with Gasteiger partial charge in [-0.05, 0) is 42.7 Å². The van der Waals surface area contributed by atoms with Crippen LogP contribution in [-0.4, -0.2) is 64.7 Å². The second-order valence-corrected chi connectivity index (χ2v) is 10.4. The van der Waals surface area contributed by atoms with Gasteiger partial charge in [0, 0.05) is 19.2 Å². The summed E-state index contributed by atoms with van der Waals surface area (Å²) in [6.07, 6.45) is 2.98. The lowest BCUT2D eigenvalue weighted by atomic mass is 10.1. The molecule has 0 aliphatic carbocycles. The summed E-state index contributed by atoms with van der Waals surface area (Å²) in [4.78, 5) is 28.0. The topological polar surface area (TPSA) is 105 Å². The molecular formula is C26H36FN3O6S. The molecule has 0 radical (unpaired) electrons. The number of unbranched alkanes of at least 4 members (excludes halogenated alkanes) is 1. The Labute approximate surface area is 218 Å². The summed E-state index contributed by atoms with van der Waals surface area (Å²) in [6.45, 7) is 3.70. The quantitative estimate of drug-likeness (QED) is 0.371. The van der Waals surface area contributed by atoms with Gasteiger partial charge in [-0.1, -0.05) is 32.4 Å². The van der Waals surface area contributed by atoms with E-state index in [0.717, 1.165) is 23.4 Å². The van der Waals surface area contributed by atoms with Crippen LogP contribution in [0.1, 0.15) is 38.7 Å². The SMILES string of the molecule is CCCCNC(=O)C(CC)N(Cc1ccc(F)cc1)C(=O)CN(c1ccc(OC)c(OC)c1)S(C)(=O)=O. The number of hydrogen-bond acceptors (Lipinski definition) is 6. The molecule has 2 rings (SSSR count). The van der Waals surface area contributed by atoms with Crippen LogP contribution in [0.15, 0.2) is 42.5 Å². The molecule has 0 spiro atoms. The van der Waals surface area contributed by atoms with Crippen LogP contribution in [0.5, 0.6) is 11.5 Å². The Kier molecular flexibility index (Phi) is 11.2. The van der Waals surface area contributed by atoms with Gasteiger partial charge in [0.15, 0.2) is 11.5 Å². The number of carbonyl (C=O) groups excluding carboxylic acids is 2. The molecule has 204 valence electrons. The van der Waals surface area contributed by atoms with Crippen molar-refractivity contribution in [3.63, 3.8) is 0 Å². The predicted molar refractivity (Wildman–Crippen MR) is 141 cm³/mol. The van der Waals surface area contributed by atoms with Crippen LogP contribution in [0.2, 0.25) is 0 Å². The van der Waals surface area contributed by atoms with Gasteiger partial charge in [-0.15, -0.1) is 0 Å². The molecule has 1 N–H and O–H groups in total. The van der Waals surface area contributed by atoms with Crippen molar-refractivity contribution >= 4 is 27.5 Å². The highest BCUT2D eigenvalue weighted by atomic mass is 32.2. The van der Waals surface area contributed by atoms with Crippen molar-refractivity contribution in [3.05, 3.63) is 53.8 Å². The van der Waals surface area contributed by atoms with E-state index in [0.29, 0.717) is 30.0 Å². The Balaban J connectivity index is 2.44. The largest absolute Gasteiger partial charge is 0.493 e. The van der Waals surface area contributed by atoms with Gasteiger partial charge in [0.25, 0.3) is 0 Å². The number of nitrogens with one attached hydrogen (secondary N) is 1. The minimum Gasteiger partial charge on any atom is -0.493 e. The van der Waals surface area contributed by atoms with Crippen molar-refractivity contribution in [1.29, 1.82) is 0 Å². The lowest BCUT2D eigenvalue weighted by Gasteiger charge is -2.33. The number of benzene rings is 2. The van der Waals surface area contributed by atoms with Crippen LogP contribution in [0.3, 0.4) is 0 Å². The molecule has 0 aliphatic heterocycles. The van der Waals surface area contributed by atoms with Crippen LogP contribution in [0.25, 0.3) is 0 Å². The fraction of sp³-hybridized carbons (Fsp3) is 0.462. The minimum absolute atomic E-state index is 0.00233. The molecule has 0 fully saturated rings. The lowest BCUT2D eigenvalue weighted by Crippen LogP contribution is -2.52. The van der Waals surface area contributed by atoms with E-state index in [1.54, 1.807) is 13.0 Å². The molecule has 0 bridgehead atoms. The molecule has 0 aromatic heterocycles. The van der Waals surface area contributed by atoms with Gasteiger partial charge in [0.1, 0.15) is 18.4 Å². The predicted octanol–water partition coefficient (Wildman–Crippen LogP) is 3.33. The molecule has 2 aromatic carbocycles. The number of halogens is 1. The maximum atomic E-state index is 13.7. The third-order valence-corrected chi connectivity index (χ3v) is 6.96. The fourth-order valence-corrected chi connectivity index (χ4v) is 4.65. The molecule has 9 nitrogen and oxygen atoms in total. The zero-order valence-electron chi connectivity index (χ0n) is 22.0. The van der Waals surface area contributed by atoms with Crippen molar-refractivity contribution in [1.82, 2.24) is 10.2 Å². The maximum Gasteiger partial charge on any atom is 0.244 e. The molecule has 0 saturated heterocycles. The molecule has 2 amide bonds. The van der Waals surface area contributed by atoms with E-state index in [9.17, 15) is 22.4 Å². The first-order chi connectivity index (χ1) is 17.5. The van der Waals surface area contributed by atoms with Crippen molar-refractivity contribution in [3.8, 4) is 11.5 Å². The van der Waals surface area contributed by atoms with E-state index in [1.807, 2.05) is 6.92 Å². The molecule has 11 heteroatoms. The van der Waals surface area contributed by atoms with E-state index in [1.165, 1.54) is 55.5 Å². The molecule has 37 heavy (non-hydrogen) atoms. The number of anilines is 1. The summed E-state index contributed by atoms with van der Waals surface area (Å²) in [5, 5.41) is 2.85. The number of methoxy groups -OCH3 is 2.